The van der Waals surface area contributed by atoms with Crippen LogP contribution in [0.4, 0.5) is 0 Å². The van der Waals surface area contributed by atoms with Gasteiger partial charge in [0, 0.05) is 18.0 Å². The molecule has 0 radical (unpaired) electrons. The highest BCUT2D eigenvalue weighted by atomic mass is 35.5. The molecule has 5 unspecified atom stereocenters. The second-order valence-corrected chi connectivity index (χ2v) is 5.66. The lowest BCUT2D eigenvalue weighted by molar-refractivity contribution is -0.126. The second kappa shape index (κ2) is 7.22. The first-order chi connectivity index (χ1) is 7.41. The smallest absolute Gasteiger partial charge is 0.224 e. The van der Waals surface area contributed by atoms with Crippen molar-refractivity contribution in [3.05, 3.63) is 0 Å². The zero-order valence-corrected chi connectivity index (χ0v) is 12.2. The molecule has 1 fully saturated rings. The van der Waals surface area contributed by atoms with Gasteiger partial charge in [-0.25, -0.2) is 0 Å². The van der Waals surface area contributed by atoms with Crippen LogP contribution in [0.3, 0.4) is 0 Å². The van der Waals surface area contributed by atoms with Gasteiger partial charge in [0.2, 0.25) is 5.91 Å². The first-order valence-corrected chi connectivity index (χ1v) is 6.47. The van der Waals surface area contributed by atoms with Crippen molar-refractivity contribution in [2.45, 2.75) is 59.0 Å². The van der Waals surface area contributed by atoms with E-state index >= 15 is 0 Å². The number of amides is 1. The predicted molar refractivity (Wildman–Crippen MR) is 74.2 cm³/mol. The van der Waals surface area contributed by atoms with Gasteiger partial charge in [-0.3, -0.25) is 4.79 Å². The van der Waals surface area contributed by atoms with E-state index in [0.717, 1.165) is 12.3 Å². The molecule has 3 nitrogen and oxygen atoms in total. The molecular weight excluding hydrogens is 236 g/mol. The van der Waals surface area contributed by atoms with Crippen molar-refractivity contribution in [3.8, 4) is 0 Å². The Morgan fingerprint density at radius 2 is 1.88 bits per heavy atom. The molecule has 4 heteroatoms. The molecule has 0 aliphatic heterocycles. The molecule has 1 saturated carbocycles. The molecule has 5 atom stereocenters. The van der Waals surface area contributed by atoms with Crippen molar-refractivity contribution in [1.29, 1.82) is 0 Å². The van der Waals surface area contributed by atoms with Crippen LogP contribution in [0.1, 0.15) is 47.0 Å². The van der Waals surface area contributed by atoms with Gasteiger partial charge in [0.15, 0.2) is 0 Å². The van der Waals surface area contributed by atoms with Crippen molar-refractivity contribution < 1.29 is 4.79 Å². The highest BCUT2D eigenvalue weighted by Gasteiger charge is 2.28. The Morgan fingerprint density at radius 1 is 1.29 bits per heavy atom. The SMILES string of the molecule is CC1CCC(NC(=O)C(C)C(C)N)C(C)C1.Cl. The van der Waals surface area contributed by atoms with Gasteiger partial charge in [-0.05, 0) is 38.0 Å². The van der Waals surface area contributed by atoms with Crippen LogP contribution in [0.15, 0.2) is 0 Å². The number of nitrogens with two attached hydrogens (primary N) is 1. The van der Waals surface area contributed by atoms with Crippen LogP contribution in [0.25, 0.3) is 0 Å². The Hall–Kier alpha value is -0.280. The summed E-state index contributed by atoms with van der Waals surface area (Å²) in [4.78, 5) is 11.9. The molecule has 1 rings (SSSR count). The average Bonchev–Trinajstić information content (AvgIpc) is 2.20. The Bertz CT molecular complexity index is 246. The zero-order chi connectivity index (χ0) is 12.3. The summed E-state index contributed by atoms with van der Waals surface area (Å²) in [6.45, 7) is 8.31. The Morgan fingerprint density at radius 3 is 2.35 bits per heavy atom. The molecule has 0 spiro atoms. The maximum absolute atomic E-state index is 11.9. The van der Waals surface area contributed by atoms with Gasteiger partial charge >= 0.3 is 0 Å². The van der Waals surface area contributed by atoms with Gasteiger partial charge in [-0.2, -0.15) is 0 Å². The topological polar surface area (TPSA) is 55.1 Å². The van der Waals surface area contributed by atoms with E-state index in [-0.39, 0.29) is 30.3 Å². The van der Waals surface area contributed by atoms with E-state index in [1.165, 1.54) is 12.8 Å². The Kier molecular flexibility index (Phi) is 7.10. The third kappa shape index (κ3) is 4.84. The second-order valence-electron chi connectivity index (χ2n) is 5.66. The quantitative estimate of drug-likeness (QED) is 0.820. The zero-order valence-electron chi connectivity index (χ0n) is 11.4. The highest BCUT2D eigenvalue weighted by molar-refractivity contribution is 5.85. The van der Waals surface area contributed by atoms with Crippen LogP contribution >= 0.6 is 12.4 Å². The predicted octanol–water partition coefficient (Wildman–Crippen LogP) is 2.33. The number of carbonyl (C=O) groups excluding carboxylic acids is 1. The third-order valence-electron chi connectivity index (χ3n) is 3.96. The molecule has 0 aromatic rings. The molecule has 0 bridgehead atoms. The van der Waals surface area contributed by atoms with Gasteiger partial charge < -0.3 is 11.1 Å². The third-order valence-corrected chi connectivity index (χ3v) is 3.96. The molecule has 0 saturated heterocycles. The van der Waals surface area contributed by atoms with Crippen LogP contribution in [0.5, 0.6) is 0 Å². The Balaban J connectivity index is 0.00000256. The van der Waals surface area contributed by atoms with Gasteiger partial charge in [0.05, 0.1) is 0 Å². The van der Waals surface area contributed by atoms with Crippen molar-refractivity contribution in [3.63, 3.8) is 0 Å². The van der Waals surface area contributed by atoms with Crippen LogP contribution in [-0.4, -0.2) is 18.0 Å². The van der Waals surface area contributed by atoms with Crippen molar-refractivity contribution in [2.75, 3.05) is 0 Å². The van der Waals surface area contributed by atoms with E-state index in [2.05, 4.69) is 19.2 Å². The summed E-state index contributed by atoms with van der Waals surface area (Å²) >= 11 is 0. The minimum Gasteiger partial charge on any atom is -0.353 e. The molecular formula is C13H27ClN2O. The minimum atomic E-state index is -0.0912. The first-order valence-electron chi connectivity index (χ1n) is 6.47. The summed E-state index contributed by atoms with van der Waals surface area (Å²) in [6.07, 6.45) is 3.55. The lowest BCUT2D eigenvalue weighted by atomic mass is 9.79. The van der Waals surface area contributed by atoms with E-state index in [1.54, 1.807) is 0 Å². The maximum atomic E-state index is 11.9. The van der Waals surface area contributed by atoms with Crippen LogP contribution in [0.2, 0.25) is 0 Å². The molecule has 1 aliphatic rings. The van der Waals surface area contributed by atoms with Crippen LogP contribution in [0, 0.1) is 17.8 Å². The fraction of sp³-hybridized carbons (Fsp3) is 0.923. The maximum Gasteiger partial charge on any atom is 0.224 e. The van der Waals surface area contributed by atoms with Gasteiger partial charge in [-0.1, -0.05) is 20.8 Å². The normalized spacial score (nSPS) is 32.2. The van der Waals surface area contributed by atoms with Gasteiger partial charge in [-0.15, -0.1) is 12.4 Å². The summed E-state index contributed by atoms with van der Waals surface area (Å²) < 4.78 is 0. The van der Waals surface area contributed by atoms with E-state index < -0.39 is 0 Å². The fourth-order valence-corrected chi connectivity index (χ4v) is 2.43. The number of nitrogens with one attached hydrogen (secondary N) is 1. The Labute approximate surface area is 111 Å². The fourth-order valence-electron chi connectivity index (χ4n) is 2.43. The molecule has 1 amide bonds. The number of halogens is 1. The monoisotopic (exact) mass is 262 g/mol. The molecule has 102 valence electrons. The highest BCUT2D eigenvalue weighted by Crippen LogP contribution is 2.28. The lowest BCUT2D eigenvalue weighted by Crippen LogP contribution is -2.47. The summed E-state index contributed by atoms with van der Waals surface area (Å²) in [7, 11) is 0. The standard InChI is InChI=1S/C13H26N2O.ClH/c1-8-5-6-12(9(2)7-8)15-13(16)10(3)11(4)14;/h8-12H,5-7,14H2,1-4H3,(H,15,16);1H. The summed E-state index contributed by atoms with van der Waals surface area (Å²) in [5.41, 5.74) is 5.74. The molecule has 0 aromatic heterocycles. The van der Waals surface area contributed by atoms with Gasteiger partial charge in [0.25, 0.3) is 0 Å². The molecule has 17 heavy (non-hydrogen) atoms. The molecule has 3 N–H and O–H groups in total. The van der Waals surface area contributed by atoms with E-state index in [4.69, 9.17) is 5.73 Å². The number of carbonyl (C=O) groups is 1. The molecule has 0 aromatic carbocycles. The van der Waals surface area contributed by atoms with E-state index in [1.807, 2.05) is 13.8 Å². The molecule has 1 aliphatic carbocycles. The lowest BCUT2D eigenvalue weighted by Gasteiger charge is -2.34. The molecule has 0 heterocycles. The summed E-state index contributed by atoms with van der Waals surface area (Å²) in [5, 5.41) is 3.15. The first kappa shape index (κ1) is 16.7. The van der Waals surface area contributed by atoms with Crippen LogP contribution in [-0.2, 0) is 4.79 Å². The minimum absolute atomic E-state index is 0. The van der Waals surface area contributed by atoms with E-state index in [0.29, 0.717) is 12.0 Å². The largest absolute Gasteiger partial charge is 0.353 e. The van der Waals surface area contributed by atoms with Crippen molar-refractivity contribution in [2.24, 2.45) is 23.5 Å². The number of rotatable bonds is 3. The number of hydrogen-bond donors (Lipinski definition) is 2. The van der Waals surface area contributed by atoms with Crippen molar-refractivity contribution >= 4 is 18.3 Å². The van der Waals surface area contributed by atoms with E-state index in [9.17, 15) is 4.79 Å². The van der Waals surface area contributed by atoms with Crippen LogP contribution < -0.4 is 11.1 Å². The number of hydrogen-bond acceptors (Lipinski definition) is 2. The average molecular weight is 263 g/mol. The van der Waals surface area contributed by atoms with Gasteiger partial charge in [0.1, 0.15) is 0 Å². The summed E-state index contributed by atoms with van der Waals surface area (Å²) in [6, 6.07) is 0.280. The van der Waals surface area contributed by atoms with Crippen molar-refractivity contribution in [1.82, 2.24) is 5.32 Å². The summed E-state index contributed by atoms with van der Waals surface area (Å²) in [5.74, 6) is 1.41.